The number of benzene rings is 1. The zero-order valence-electron chi connectivity index (χ0n) is 10.7. The van der Waals surface area contributed by atoms with Crippen molar-refractivity contribution in [2.45, 2.75) is 6.42 Å². The van der Waals surface area contributed by atoms with Crippen LogP contribution in [0.15, 0.2) is 47.2 Å². The van der Waals surface area contributed by atoms with Gasteiger partial charge in [-0.15, -0.1) is 0 Å². The maximum absolute atomic E-state index is 11.8. The molecule has 1 aromatic heterocycles. The van der Waals surface area contributed by atoms with Gasteiger partial charge >= 0.3 is 0 Å². The fourth-order valence-corrected chi connectivity index (χ4v) is 1.90. The molecule has 1 aromatic carbocycles. The standard InChI is InChI=1S/C14H14BrN3O2/c15-12-9-17-6-4-13(12)18-14(19)5-7-20-11-3-1-2-10(16)8-11/h1-4,6,8-9H,5,7,16H2,(H,17,18,19). The lowest BCUT2D eigenvalue weighted by Gasteiger charge is -2.08. The highest BCUT2D eigenvalue weighted by Crippen LogP contribution is 2.20. The third kappa shape index (κ3) is 4.24. The van der Waals surface area contributed by atoms with Crippen molar-refractivity contribution in [1.82, 2.24) is 4.98 Å². The molecule has 0 spiro atoms. The van der Waals surface area contributed by atoms with Crippen molar-refractivity contribution in [2.75, 3.05) is 17.7 Å². The molecule has 2 aromatic rings. The van der Waals surface area contributed by atoms with Crippen LogP contribution in [0.1, 0.15) is 6.42 Å². The number of nitrogen functional groups attached to an aromatic ring is 1. The molecule has 0 aliphatic rings. The van der Waals surface area contributed by atoms with Crippen LogP contribution in [-0.2, 0) is 4.79 Å². The van der Waals surface area contributed by atoms with Crippen LogP contribution in [-0.4, -0.2) is 17.5 Å². The number of aromatic nitrogens is 1. The van der Waals surface area contributed by atoms with Gasteiger partial charge in [-0.1, -0.05) is 6.07 Å². The summed E-state index contributed by atoms with van der Waals surface area (Å²) >= 11 is 3.32. The number of anilines is 2. The highest BCUT2D eigenvalue weighted by molar-refractivity contribution is 9.10. The topological polar surface area (TPSA) is 77.2 Å². The van der Waals surface area contributed by atoms with E-state index in [-0.39, 0.29) is 18.9 Å². The molecular formula is C14H14BrN3O2. The predicted molar refractivity (Wildman–Crippen MR) is 81.5 cm³/mol. The van der Waals surface area contributed by atoms with Crippen LogP contribution in [0, 0.1) is 0 Å². The minimum Gasteiger partial charge on any atom is -0.493 e. The molecule has 5 nitrogen and oxygen atoms in total. The molecule has 0 saturated carbocycles. The van der Waals surface area contributed by atoms with Gasteiger partial charge in [-0.05, 0) is 34.1 Å². The SMILES string of the molecule is Nc1cccc(OCCC(=O)Nc2ccncc2Br)c1. The van der Waals surface area contributed by atoms with Crippen molar-refractivity contribution in [1.29, 1.82) is 0 Å². The Kier molecular flexibility index (Phi) is 4.95. The summed E-state index contributed by atoms with van der Waals surface area (Å²) in [6.45, 7) is 0.290. The van der Waals surface area contributed by atoms with Gasteiger partial charge in [0, 0.05) is 24.1 Å². The predicted octanol–water partition coefficient (Wildman–Crippen LogP) is 2.83. The summed E-state index contributed by atoms with van der Waals surface area (Å²) in [5.41, 5.74) is 6.96. The molecule has 20 heavy (non-hydrogen) atoms. The molecule has 0 saturated heterocycles. The molecule has 0 aliphatic carbocycles. The second-order valence-electron chi connectivity index (χ2n) is 4.07. The van der Waals surface area contributed by atoms with E-state index in [1.807, 2.05) is 0 Å². The Bertz CT molecular complexity index is 604. The summed E-state index contributed by atoms with van der Waals surface area (Å²) in [6.07, 6.45) is 3.49. The molecule has 0 unspecified atom stereocenters. The Labute approximate surface area is 125 Å². The van der Waals surface area contributed by atoms with Gasteiger partial charge < -0.3 is 15.8 Å². The van der Waals surface area contributed by atoms with E-state index >= 15 is 0 Å². The summed E-state index contributed by atoms with van der Waals surface area (Å²) in [5, 5.41) is 2.78. The first-order chi connectivity index (χ1) is 9.65. The van der Waals surface area contributed by atoms with Crippen LogP contribution in [0.2, 0.25) is 0 Å². The number of amides is 1. The first-order valence-corrected chi connectivity index (χ1v) is 6.82. The normalized spacial score (nSPS) is 10.1. The average molecular weight is 336 g/mol. The van der Waals surface area contributed by atoms with Gasteiger partial charge in [-0.25, -0.2) is 0 Å². The summed E-state index contributed by atoms with van der Waals surface area (Å²) in [6, 6.07) is 8.82. The van der Waals surface area contributed by atoms with Crippen LogP contribution < -0.4 is 15.8 Å². The molecule has 6 heteroatoms. The summed E-state index contributed by atoms with van der Waals surface area (Å²) < 4.78 is 6.20. The number of rotatable bonds is 5. The minimum atomic E-state index is -0.124. The van der Waals surface area contributed by atoms with Crippen LogP contribution in [0.5, 0.6) is 5.75 Å². The van der Waals surface area contributed by atoms with Crippen molar-refractivity contribution in [3.8, 4) is 5.75 Å². The lowest BCUT2D eigenvalue weighted by molar-refractivity contribution is -0.116. The van der Waals surface area contributed by atoms with Crippen molar-refractivity contribution in [3.63, 3.8) is 0 Å². The second kappa shape index (κ2) is 6.91. The smallest absolute Gasteiger partial charge is 0.227 e. The number of nitrogens with two attached hydrogens (primary N) is 1. The molecule has 0 fully saturated rings. The third-order valence-electron chi connectivity index (χ3n) is 2.50. The van der Waals surface area contributed by atoms with Gasteiger partial charge in [0.25, 0.3) is 0 Å². The highest BCUT2D eigenvalue weighted by Gasteiger charge is 2.05. The lowest BCUT2D eigenvalue weighted by Crippen LogP contribution is -2.15. The molecule has 1 heterocycles. The number of nitrogens with one attached hydrogen (secondary N) is 1. The molecule has 104 valence electrons. The van der Waals surface area contributed by atoms with Gasteiger partial charge in [-0.2, -0.15) is 0 Å². The molecule has 3 N–H and O–H groups in total. The summed E-state index contributed by atoms with van der Waals surface area (Å²) in [7, 11) is 0. The van der Waals surface area contributed by atoms with E-state index in [1.54, 1.807) is 42.7 Å². The number of ether oxygens (including phenoxy) is 1. The van der Waals surface area contributed by atoms with Crippen molar-refractivity contribution < 1.29 is 9.53 Å². The highest BCUT2D eigenvalue weighted by atomic mass is 79.9. The minimum absolute atomic E-state index is 0.124. The van der Waals surface area contributed by atoms with Crippen LogP contribution in [0.4, 0.5) is 11.4 Å². The van der Waals surface area contributed by atoms with Gasteiger partial charge in [0.2, 0.25) is 5.91 Å². The Hall–Kier alpha value is -2.08. The Morgan fingerprint density at radius 2 is 2.25 bits per heavy atom. The van der Waals surface area contributed by atoms with Gasteiger partial charge in [-0.3, -0.25) is 9.78 Å². The van der Waals surface area contributed by atoms with Crippen LogP contribution in [0.3, 0.4) is 0 Å². The Morgan fingerprint density at radius 3 is 3.00 bits per heavy atom. The van der Waals surface area contributed by atoms with E-state index in [0.717, 1.165) is 4.47 Å². The monoisotopic (exact) mass is 335 g/mol. The van der Waals surface area contributed by atoms with Crippen molar-refractivity contribution in [3.05, 3.63) is 47.2 Å². The van der Waals surface area contributed by atoms with Gasteiger partial charge in [0.15, 0.2) is 0 Å². The number of halogens is 1. The van der Waals surface area contributed by atoms with E-state index in [1.165, 1.54) is 0 Å². The van der Waals surface area contributed by atoms with Crippen LogP contribution >= 0.6 is 15.9 Å². The van der Waals surface area contributed by atoms with E-state index in [9.17, 15) is 4.79 Å². The zero-order chi connectivity index (χ0) is 14.4. The molecule has 0 atom stereocenters. The number of hydrogen-bond donors (Lipinski definition) is 2. The second-order valence-corrected chi connectivity index (χ2v) is 4.93. The zero-order valence-corrected chi connectivity index (χ0v) is 12.3. The summed E-state index contributed by atoms with van der Waals surface area (Å²) in [4.78, 5) is 15.7. The summed E-state index contributed by atoms with van der Waals surface area (Å²) in [5.74, 6) is 0.531. The molecular weight excluding hydrogens is 322 g/mol. The maximum Gasteiger partial charge on any atom is 0.227 e. The lowest BCUT2D eigenvalue weighted by atomic mass is 10.3. The molecule has 0 aliphatic heterocycles. The van der Waals surface area contributed by atoms with E-state index in [0.29, 0.717) is 17.1 Å². The molecule has 2 rings (SSSR count). The number of carbonyl (C=O) groups excluding carboxylic acids is 1. The van der Waals surface area contributed by atoms with E-state index in [2.05, 4.69) is 26.2 Å². The number of carbonyl (C=O) groups is 1. The number of pyridine rings is 1. The Morgan fingerprint density at radius 1 is 1.40 bits per heavy atom. The number of nitrogens with zero attached hydrogens (tertiary/aromatic N) is 1. The number of hydrogen-bond acceptors (Lipinski definition) is 4. The maximum atomic E-state index is 11.8. The van der Waals surface area contributed by atoms with Crippen molar-refractivity contribution in [2.24, 2.45) is 0 Å². The van der Waals surface area contributed by atoms with E-state index < -0.39 is 0 Å². The first kappa shape index (κ1) is 14.3. The quantitative estimate of drug-likeness (QED) is 0.823. The molecule has 0 bridgehead atoms. The van der Waals surface area contributed by atoms with Crippen LogP contribution in [0.25, 0.3) is 0 Å². The Balaban J connectivity index is 1.80. The van der Waals surface area contributed by atoms with Gasteiger partial charge in [0.1, 0.15) is 5.75 Å². The first-order valence-electron chi connectivity index (χ1n) is 6.03. The van der Waals surface area contributed by atoms with Gasteiger partial charge in [0.05, 0.1) is 23.2 Å². The average Bonchev–Trinajstić information content (AvgIpc) is 2.41. The fourth-order valence-electron chi connectivity index (χ4n) is 1.56. The largest absolute Gasteiger partial charge is 0.493 e. The fraction of sp³-hybridized carbons (Fsp3) is 0.143. The third-order valence-corrected chi connectivity index (χ3v) is 3.13. The van der Waals surface area contributed by atoms with Crippen molar-refractivity contribution >= 4 is 33.2 Å². The van der Waals surface area contributed by atoms with E-state index in [4.69, 9.17) is 10.5 Å². The molecule has 0 radical (unpaired) electrons. The molecule has 1 amide bonds.